The van der Waals surface area contributed by atoms with Crippen LogP contribution in [-0.4, -0.2) is 24.0 Å². The number of para-hydroxylation sites is 1. The van der Waals surface area contributed by atoms with E-state index in [2.05, 4.69) is 16.7 Å². The van der Waals surface area contributed by atoms with Crippen LogP contribution in [0.5, 0.6) is 0 Å². The second-order valence-electron chi connectivity index (χ2n) is 5.86. The summed E-state index contributed by atoms with van der Waals surface area (Å²) in [5.41, 5.74) is 10.2. The van der Waals surface area contributed by atoms with Gasteiger partial charge in [-0.1, -0.05) is 29.8 Å². The summed E-state index contributed by atoms with van der Waals surface area (Å²) in [7, 11) is 0. The molecule has 1 saturated heterocycles. The van der Waals surface area contributed by atoms with Crippen LogP contribution in [0.4, 0.5) is 16.2 Å². The molecule has 0 saturated carbocycles. The van der Waals surface area contributed by atoms with Gasteiger partial charge in [0.1, 0.15) is 0 Å². The van der Waals surface area contributed by atoms with E-state index in [9.17, 15) is 4.79 Å². The van der Waals surface area contributed by atoms with Gasteiger partial charge in [0.25, 0.3) is 0 Å². The molecule has 0 bridgehead atoms. The van der Waals surface area contributed by atoms with E-state index >= 15 is 0 Å². The molecular weight excluding hydrogens is 276 g/mol. The fourth-order valence-electron chi connectivity index (χ4n) is 3.57. The molecule has 2 heterocycles. The van der Waals surface area contributed by atoms with E-state index in [1.807, 2.05) is 48.2 Å². The third-order valence-electron chi connectivity index (χ3n) is 4.52. The van der Waals surface area contributed by atoms with E-state index in [0.717, 1.165) is 28.9 Å². The highest BCUT2D eigenvalue weighted by atomic mass is 16.2. The number of benzene rings is 2. The second-order valence-corrected chi connectivity index (χ2v) is 5.86. The van der Waals surface area contributed by atoms with Crippen LogP contribution in [0.15, 0.2) is 42.5 Å². The van der Waals surface area contributed by atoms with Crippen molar-refractivity contribution in [1.82, 2.24) is 10.2 Å². The molecule has 2 amide bonds. The summed E-state index contributed by atoms with van der Waals surface area (Å²) >= 11 is 0. The zero-order valence-electron chi connectivity index (χ0n) is 12.4. The molecule has 0 radical (unpaired) electrons. The van der Waals surface area contributed by atoms with E-state index in [4.69, 9.17) is 5.73 Å². The molecule has 2 aliphatic heterocycles. The number of rotatable bonds is 1. The minimum atomic E-state index is -0.685. The van der Waals surface area contributed by atoms with Gasteiger partial charge in [0.05, 0.1) is 0 Å². The number of hydrogen-bond acceptors (Lipinski definition) is 3. The summed E-state index contributed by atoms with van der Waals surface area (Å²) < 4.78 is 0. The van der Waals surface area contributed by atoms with E-state index in [-0.39, 0.29) is 6.03 Å². The molecule has 112 valence electrons. The summed E-state index contributed by atoms with van der Waals surface area (Å²) in [6, 6.07) is 13.8. The minimum Gasteiger partial charge on any atom is -0.398 e. The van der Waals surface area contributed by atoms with Crippen LogP contribution in [0.3, 0.4) is 0 Å². The highest BCUT2D eigenvalue weighted by molar-refractivity contribution is 5.95. The van der Waals surface area contributed by atoms with Gasteiger partial charge in [0, 0.05) is 35.6 Å². The monoisotopic (exact) mass is 294 g/mol. The van der Waals surface area contributed by atoms with Crippen molar-refractivity contribution in [3.8, 4) is 0 Å². The van der Waals surface area contributed by atoms with Crippen molar-refractivity contribution in [3.05, 3.63) is 59.2 Å². The van der Waals surface area contributed by atoms with Crippen LogP contribution in [0, 0.1) is 6.92 Å². The summed E-state index contributed by atoms with van der Waals surface area (Å²) in [6.07, 6.45) is 0. The number of aryl methyl sites for hydroxylation is 1. The molecule has 2 aliphatic rings. The van der Waals surface area contributed by atoms with E-state index in [0.29, 0.717) is 12.2 Å². The first-order valence-electron chi connectivity index (χ1n) is 7.43. The number of anilines is 2. The van der Waals surface area contributed by atoms with Gasteiger partial charge in [-0.2, -0.15) is 0 Å². The van der Waals surface area contributed by atoms with Crippen molar-refractivity contribution in [2.75, 3.05) is 24.1 Å². The SMILES string of the molecule is Cc1ccc(N)c(C23NCCN2C(=O)Nc2ccccc23)c1. The molecule has 0 aromatic heterocycles. The molecule has 0 spiro atoms. The molecule has 5 heteroatoms. The topological polar surface area (TPSA) is 70.4 Å². The van der Waals surface area contributed by atoms with Gasteiger partial charge in [-0.3, -0.25) is 10.2 Å². The van der Waals surface area contributed by atoms with Gasteiger partial charge in [-0.05, 0) is 25.1 Å². The molecular formula is C17H18N4O. The molecule has 5 nitrogen and oxygen atoms in total. The van der Waals surface area contributed by atoms with E-state index in [1.54, 1.807) is 0 Å². The summed E-state index contributed by atoms with van der Waals surface area (Å²) in [6.45, 7) is 3.41. The Morgan fingerprint density at radius 1 is 1.18 bits per heavy atom. The maximum absolute atomic E-state index is 12.5. The van der Waals surface area contributed by atoms with Crippen molar-refractivity contribution in [3.63, 3.8) is 0 Å². The van der Waals surface area contributed by atoms with Crippen molar-refractivity contribution >= 4 is 17.4 Å². The molecule has 2 aromatic rings. The van der Waals surface area contributed by atoms with Crippen LogP contribution in [0.2, 0.25) is 0 Å². The van der Waals surface area contributed by atoms with Gasteiger partial charge in [-0.15, -0.1) is 0 Å². The first-order chi connectivity index (χ1) is 10.6. The largest absolute Gasteiger partial charge is 0.398 e. The number of amides is 2. The van der Waals surface area contributed by atoms with Crippen LogP contribution >= 0.6 is 0 Å². The highest BCUT2D eigenvalue weighted by Gasteiger charge is 2.51. The quantitative estimate of drug-likeness (QED) is 0.706. The average Bonchev–Trinajstić information content (AvgIpc) is 2.96. The second kappa shape index (κ2) is 4.48. The Labute approximate surface area is 129 Å². The van der Waals surface area contributed by atoms with Crippen LogP contribution in [-0.2, 0) is 5.66 Å². The Kier molecular flexibility index (Phi) is 2.68. The summed E-state index contributed by atoms with van der Waals surface area (Å²) in [5.74, 6) is 0. The lowest BCUT2D eigenvalue weighted by Gasteiger charge is -2.44. The number of fused-ring (bicyclic) bond motifs is 3. The molecule has 4 rings (SSSR count). The number of nitrogens with one attached hydrogen (secondary N) is 2. The molecule has 4 N–H and O–H groups in total. The Morgan fingerprint density at radius 3 is 2.86 bits per heavy atom. The van der Waals surface area contributed by atoms with Crippen LogP contribution in [0.25, 0.3) is 0 Å². The lowest BCUT2D eigenvalue weighted by Crippen LogP contribution is -2.56. The molecule has 1 fully saturated rings. The fraction of sp³-hybridized carbons (Fsp3) is 0.235. The predicted molar refractivity (Wildman–Crippen MR) is 86.5 cm³/mol. The number of hydrogen-bond donors (Lipinski definition) is 3. The van der Waals surface area contributed by atoms with Gasteiger partial charge in [-0.25, -0.2) is 4.79 Å². The number of carbonyl (C=O) groups is 1. The molecule has 2 aromatic carbocycles. The Bertz CT molecular complexity index is 773. The van der Waals surface area contributed by atoms with E-state index < -0.39 is 5.66 Å². The van der Waals surface area contributed by atoms with Crippen LogP contribution in [0.1, 0.15) is 16.7 Å². The average molecular weight is 294 g/mol. The first kappa shape index (κ1) is 13.2. The Hall–Kier alpha value is -2.53. The summed E-state index contributed by atoms with van der Waals surface area (Å²) in [4.78, 5) is 14.4. The van der Waals surface area contributed by atoms with Crippen molar-refractivity contribution < 1.29 is 4.79 Å². The smallest absolute Gasteiger partial charge is 0.323 e. The fourth-order valence-corrected chi connectivity index (χ4v) is 3.57. The first-order valence-corrected chi connectivity index (χ1v) is 7.43. The number of nitrogens with zero attached hydrogens (tertiary/aromatic N) is 1. The maximum Gasteiger partial charge on any atom is 0.323 e. The number of carbonyl (C=O) groups excluding carboxylic acids is 1. The molecule has 1 atom stereocenters. The van der Waals surface area contributed by atoms with E-state index in [1.165, 1.54) is 0 Å². The Morgan fingerprint density at radius 2 is 2.00 bits per heavy atom. The third kappa shape index (κ3) is 1.60. The van der Waals surface area contributed by atoms with Crippen LogP contribution < -0.4 is 16.4 Å². The van der Waals surface area contributed by atoms with Gasteiger partial charge >= 0.3 is 6.03 Å². The van der Waals surface area contributed by atoms with Crippen molar-refractivity contribution in [2.45, 2.75) is 12.6 Å². The minimum absolute atomic E-state index is 0.0930. The zero-order chi connectivity index (χ0) is 15.3. The summed E-state index contributed by atoms with van der Waals surface area (Å²) in [5, 5.41) is 6.49. The standard InChI is InChI=1S/C17H18N4O/c1-11-6-7-14(18)13(10-11)17-12-4-2-3-5-15(12)20-16(22)21(17)9-8-19-17/h2-7,10,19H,8-9,18H2,1H3,(H,20,22). The molecule has 0 aliphatic carbocycles. The lowest BCUT2D eigenvalue weighted by atomic mass is 9.86. The number of nitrogens with two attached hydrogens (primary N) is 1. The number of nitrogen functional groups attached to an aromatic ring is 1. The Balaban J connectivity index is 2.05. The van der Waals surface area contributed by atoms with Crippen molar-refractivity contribution in [1.29, 1.82) is 0 Å². The van der Waals surface area contributed by atoms with Gasteiger partial charge in [0.2, 0.25) is 0 Å². The highest BCUT2D eigenvalue weighted by Crippen LogP contribution is 2.45. The molecule has 22 heavy (non-hydrogen) atoms. The van der Waals surface area contributed by atoms with Crippen molar-refractivity contribution in [2.24, 2.45) is 0 Å². The van der Waals surface area contributed by atoms with Gasteiger partial charge < -0.3 is 11.1 Å². The third-order valence-corrected chi connectivity index (χ3v) is 4.52. The lowest BCUT2D eigenvalue weighted by molar-refractivity contribution is 0.166. The predicted octanol–water partition coefficient (Wildman–Crippen LogP) is 2.23. The number of urea groups is 1. The van der Waals surface area contributed by atoms with Gasteiger partial charge in [0.15, 0.2) is 5.66 Å². The zero-order valence-corrected chi connectivity index (χ0v) is 12.4. The normalized spacial score (nSPS) is 23.0. The maximum atomic E-state index is 12.5. The molecule has 1 unspecified atom stereocenters.